The molecular weight excluding hydrogens is 350 g/mol. The Morgan fingerprint density at radius 1 is 1.00 bits per heavy atom. The molecule has 0 spiro atoms. The van der Waals surface area contributed by atoms with Crippen molar-refractivity contribution in [3.63, 3.8) is 0 Å². The molecule has 0 aromatic heterocycles. The molecule has 138 valence electrons. The van der Waals surface area contributed by atoms with Crippen LogP contribution in [0, 0.1) is 0 Å². The first-order chi connectivity index (χ1) is 12.5. The molecule has 0 bridgehead atoms. The van der Waals surface area contributed by atoms with Crippen molar-refractivity contribution in [3.8, 4) is 0 Å². The molecule has 2 aromatic rings. The Balaban J connectivity index is 1.97. The van der Waals surface area contributed by atoms with Crippen molar-refractivity contribution in [3.05, 3.63) is 60.2 Å². The zero-order chi connectivity index (χ0) is 18.6. The zero-order valence-electron chi connectivity index (χ0n) is 14.8. The van der Waals surface area contributed by atoms with Crippen LogP contribution in [0.4, 0.5) is 5.69 Å². The summed E-state index contributed by atoms with van der Waals surface area (Å²) in [5, 5.41) is 3.25. The fourth-order valence-corrected chi connectivity index (χ4v) is 4.39. The van der Waals surface area contributed by atoms with Crippen molar-refractivity contribution in [2.75, 3.05) is 37.5 Å². The lowest BCUT2D eigenvalue weighted by atomic mass is 10.2. The molecule has 1 saturated heterocycles. The molecule has 1 aliphatic heterocycles. The average Bonchev–Trinajstić information content (AvgIpc) is 2.97. The van der Waals surface area contributed by atoms with Gasteiger partial charge < -0.3 is 10.2 Å². The standard InChI is InChI=1S/C19H23N3O3S/c1-21(16-8-3-2-4-9-16)26(24,25)18-11-6-5-10-17(18)19(23)22-14-7-12-20-13-15-22/h2-6,8-11,20H,7,12-15H2,1H3. The number of nitrogens with one attached hydrogen (secondary N) is 1. The number of carbonyl (C=O) groups is 1. The fourth-order valence-electron chi connectivity index (χ4n) is 3.01. The van der Waals surface area contributed by atoms with Gasteiger partial charge in [-0.3, -0.25) is 9.10 Å². The van der Waals surface area contributed by atoms with Gasteiger partial charge in [0.15, 0.2) is 0 Å². The van der Waals surface area contributed by atoms with E-state index in [0.29, 0.717) is 25.3 Å². The molecule has 1 heterocycles. The first kappa shape index (κ1) is 18.4. The van der Waals surface area contributed by atoms with Crippen LogP contribution in [-0.2, 0) is 10.0 Å². The minimum atomic E-state index is -3.85. The minimum absolute atomic E-state index is 0.0357. The molecular formula is C19H23N3O3S. The summed E-state index contributed by atoms with van der Waals surface area (Å²) in [4.78, 5) is 14.7. The topological polar surface area (TPSA) is 69.7 Å². The smallest absolute Gasteiger partial charge is 0.264 e. The van der Waals surface area contributed by atoms with Gasteiger partial charge in [0.2, 0.25) is 0 Å². The molecule has 0 atom stereocenters. The molecule has 0 saturated carbocycles. The van der Waals surface area contributed by atoms with Gasteiger partial charge in [0.05, 0.1) is 11.3 Å². The largest absolute Gasteiger partial charge is 0.337 e. The lowest BCUT2D eigenvalue weighted by Crippen LogP contribution is -2.36. The highest BCUT2D eigenvalue weighted by atomic mass is 32.2. The Bertz CT molecular complexity index is 861. The van der Waals surface area contributed by atoms with Crippen LogP contribution in [0.2, 0.25) is 0 Å². The van der Waals surface area contributed by atoms with Gasteiger partial charge in [0.1, 0.15) is 4.90 Å². The summed E-state index contributed by atoms with van der Waals surface area (Å²) < 4.78 is 27.5. The summed E-state index contributed by atoms with van der Waals surface area (Å²) in [5.74, 6) is -0.241. The molecule has 1 fully saturated rings. The molecule has 6 nitrogen and oxygen atoms in total. The van der Waals surface area contributed by atoms with E-state index in [9.17, 15) is 13.2 Å². The molecule has 2 aromatic carbocycles. The maximum absolute atomic E-state index is 13.2. The van der Waals surface area contributed by atoms with Crippen LogP contribution >= 0.6 is 0 Å². The number of anilines is 1. The van der Waals surface area contributed by atoms with Gasteiger partial charge in [-0.2, -0.15) is 0 Å². The van der Waals surface area contributed by atoms with Crippen molar-refractivity contribution in [1.82, 2.24) is 10.2 Å². The average molecular weight is 373 g/mol. The molecule has 1 aliphatic rings. The first-order valence-electron chi connectivity index (χ1n) is 8.65. The van der Waals surface area contributed by atoms with Gasteiger partial charge in [-0.05, 0) is 37.2 Å². The predicted molar refractivity (Wildman–Crippen MR) is 102 cm³/mol. The third-order valence-electron chi connectivity index (χ3n) is 4.50. The van der Waals surface area contributed by atoms with Gasteiger partial charge in [0, 0.05) is 26.7 Å². The van der Waals surface area contributed by atoms with Crippen molar-refractivity contribution >= 4 is 21.6 Å². The van der Waals surface area contributed by atoms with Gasteiger partial charge in [-0.1, -0.05) is 30.3 Å². The highest BCUT2D eigenvalue weighted by Crippen LogP contribution is 2.25. The van der Waals surface area contributed by atoms with Gasteiger partial charge in [-0.15, -0.1) is 0 Å². The SMILES string of the molecule is CN(c1ccccc1)S(=O)(=O)c1ccccc1C(=O)N1CCCNCC1. The third-order valence-corrected chi connectivity index (χ3v) is 6.35. The molecule has 0 radical (unpaired) electrons. The van der Waals surface area contributed by atoms with Gasteiger partial charge in [-0.25, -0.2) is 8.42 Å². The van der Waals surface area contributed by atoms with Crippen molar-refractivity contribution in [2.45, 2.75) is 11.3 Å². The number of amides is 1. The highest BCUT2D eigenvalue weighted by molar-refractivity contribution is 7.92. The normalized spacial score (nSPS) is 15.3. The van der Waals surface area contributed by atoms with E-state index in [2.05, 4.69) is 5.32 Å². The second-order valence-corrected chi connectivity index (χ2v) is 8.14. The summed E-state index contributed by atoms with van der Waals surface area (Å²) >= 11 is 0. The lowest BCUT2D eigenvalue weighted by molar-refractivity contribution is 0.0762. The van der Waals surface area contributed by atoms with Crippen LogP contribution in [-0.4, -0.2) is 52.5 Å². The summed E-state index contributed by atoms with van der Waals surface area (Å²) in [5.41, 5.74) is 0.769. The molecule has 1 amide bonds. The first-order valence-corrected chi connectivity index (χ1v) is 10.1. The third kappa shape index (κ3) is 3.73. The second kappa shape index (κ2) is 7.88. The van der Waals surface area contributed by atoms with E-state index in [1.54, 1.807) is 47.4 Å². The van der Waals surface area contributed by atoms with Crippen LogP contribution in [0.15, 0.2) is 59.5 Å². The Morgan fingerprint density at radius 3 is 2.46 bits per heavy atom. The molecule has 1 N–H and O–H groups in total. The monoisotopic (exact) mass is 373 g/mol. The summed E-state index contributed by atoms with van der Waals surface area (Å²) in [6.07, 6.45) is 0.852. The van der Waals surface area contributed by atoms with Crippen LogP contribution in [0.3, 0.4) is 0 Å². The van der Waals surface area contributed by atoms with E-state index >= 15 is 0 Å². The van der Waals surface area contributed by atoms with Crippen molar-refractivity contribution in [2.24, 2.45) is 0 Å². The van der Waals surface area contributed by atoms with E-state index in [-0.39, 0.29) is 16.4 Å². The van der Waals surface area contributed by atoms with E-state index in [4.69, 9.17) is 0 Å². The lowest BCUT2D eigenvalue weighted by Gasteiger charge is -2.24. The number of hydrogen-bond acceptors (Lipinski definition) is 4. The summed E-state index contributed by atoms with van der Waals surface area (Å²) in [6.45, 7) is 2.77. The maximum Gasteiger partial charge on any atom is 0.264 e. The minimum Gasteiger partial charge on any atom is -0.337 e. The number of carbonyl (C=O) groups excluding carboxylic acids is 1. The number of nitrogens with zero attached hydrogens (tertiary/aromatic N) is 2. The molecule has 0 aliphatic carbocycles. The highest BCUT2D eigenvalue weighted by Gasteiger charge is 2.28. The molecule has 7 heteroatoms. The van der Waals surface area contributed by atoms with Crippen LogP contribution in [0.25, 0.3) is 0 Å². The Morgan fingerprint density at radius 2 is 1.69 bits per heavy atom. The Kier molecular flexibility index (Phi) is 5.58. The Hall–Kier alpha value is -2.38. The molecule has 26 heavy (non-hydrogen) atoms. The number of benzene rings is 2. The quantitative estimate of drug-likeness (QED) is 0.889. The van der Waals surface area contributed by atoms with Crippen molar-refractivity contribution in [1.29, 1.82) is 0 Å². The van der Waals surface area contributed by atoms with Crippen LogP contribution < -0.4 is 9.62 Å². The zero-order valence-corrected chi connectivity index (χ0v) is 15.6. The fraction of sp³-hybridized carbons (Fsp3) is 0.316. The summed E-state index contributed by atoms with van der Waals surface area (Å²) in [6, 6.07) is 15.3. The number of sulfonamides is 1. The summed E-state index contributed by atoms with van der Waals surface area (Å²) in [7, 11) is -2.34. The van der Waals surface area contributed by atoms with E-state index in [0.717, 1.165) is 13.0 Å². The van der Waals surface area contributed by atoms with Gasteiger partial charge in [0.25, 0.3) is 15.9 Å². The predicted octanol–water partition coefficient (Wildman–Crippen LogP) is 1.95. The van der Waals surface area contributed by atoms with Gasteiger partial charge >= 0.3 is 0 Å². The van der Waals surface area contributed by atoms with E-state index in [1.165, 1.54) is 17.4 Å². The van der Waals surface area contributed by atoms with Crippen LogP contribution in [0.5, 0.6) is 0 Å². The van der Waals surface area contributed by atoms with E-state index < -0.39 is 10.0 Å². The molecule has 0 unspecified atom stereocenters. The van der Waals surface area contributed by atoms with Crippen LogP contribution in [0.1, 0.15) is 16.8 Å². The Labute approximate surface area is 154 Å². The number of rotatable bonds is 4. The molecule has 3 rings (SSSR count). The van der Waals surface area contributed by atoms with E-state index in [1.807, 2.05) is 6.07 Å². The number of para-hydroxylation sites is 1. The number of hydrogen-bond donors (Lipinski definition) is 1. The van der Waals surface area contributed by atoms with Crippen molar-refractivity contribution < 1.29 is 13.2 Å². The second-order valence-electron chi connectivity index (χ2n) is 6.20. The maximum atomic E-state index is 13.2.